The fourth-order valence-corrected chi connectivity index (χ4v) is 3.36. The lowest BCUT2D eigenvalue weighted by molar-refractivity contribution is -0.138. The Morgan fingerprint density at radius 1 is 1.12 bits per heavy atom. The van der Waals surface area contributed by atoms with Crippen molar-refractivity contribution >= 4 is 23.2 Å². The molecule has 0 bridgehead atoms. The SMILES string of the molecule is Cc1ccc2oc(N3CCN(C(=O)C4CCOCC4)CC3)nc2n1. The van der Waals surface area contributed by atoms with E-state index in [-0.39, 0.29) is 11.8 Å². The molecule has 7 heteroatoms. The molecule has 2 aliphatic heterocycles. The fourth-order valence-electron chi connectivity index (χ4n) is 3.36. The van der Waals surface area contributed by atoms with E-state index < -0.39 is 0 Å². The maximum atomic E-state index is 12.6. The number of carbonyl (C=O) groups is 1. The number of aromatic nitrogens is 2. The number of ether oxygens (including phenoxy) is 1. The number of carbonyl (C=O) groups excluding carboxylic acids is 1. The molecular formula is C17H22N4O3. The molecule has 2 fully saturated rings. The summed E-state index contributed by atoms with van der Waals surface area (Å²) in [5.41, 5.74) is 2.27. The maximum Gasteiger partial charge on any atom is 0.300 e. The molecule has 2 aromatic rings. The fraction of sp³-hybridized carbons (Fsp3) is 0.588. The highest BCUT2D eigenvalue weighted by atomic mass is 16.5. The van der Waals surface area contributed by atoms with Gasteiger partial charge in [-0.15, -0.1) is 0 Å². The molecule has 1 amide bonds. The van der Waals surface area contributed by atoms with E-state index in [1.165, 1.54) is 0 Å². The third-order valence-electron chi connectivity index (χ3n) is 4.81. The van der Waals surface area contributed by atoms with Gasteiger partial charge in [-0.1, -0.05) is 0 Å². The van der Waals surface area contributed by atoms with Crippen LogP contribution in [-0.2, 0) is 9.53 Å². The second-order valence-electron chi connectivity index (χ2n) is 6.47. The summed E-state index contributed by atoms with van der Waals surface area (Å²) < 4.78 is 11.2. The van der Waals surface area contributed by atoms with Gasteiger partial charge in [0.05, 0.1) is 0 Å². The number of rotatable bonds is 2. The Labute approximate surface area is 140 Å². The number of hydrogen-bond donors (Lipinski definition) is 0. The average Bonchev–Trinajstić information content (AvgIpc) is 3.05. The standard InChI is InChI=1S/C17H22N4O3/c1-12-2-3-14-15(18-12)19-17(24-14)21-8-6-20(7-9-21)16(22)13-4-10-23-11-5-13/h2-3,13H,4-11H2,1H3. The van der Waals surface area contributed by atoms with Crippen LogP contribution in [0.2, 0.25) is 0 Å². The Kier molecular flexibility index (Phi) is 4.10. The monoisotopic (exact) mass is 330 g/mol. The molecule has 24 heavy (non-hydrogen) atoms. The highest BCUT2D eigenvalue weighted by Crippen LogP contribution is 2.23. The Morgan fingerprint density at radius 3 is 2.62 bits per heavy atom. The molecular weight excluding hydrogens is 308 g/mol. The maximum absolute atomic E-state index is 12.6. The largest absolute Gasteiger partial charge is 0.422 e. The van der Waals surface area contributed by atoms with Crippen LogP contribution in [0.15, 0.2) is 16.5 Å². The van der Waals surface area contributed by atoms with E-state index in [1.54, 1.807) is 0 Å². The minimum Gasteiger partial charge on any atom is -0.422 e. The molecule has 0 atom stereocenters. The molecule has 0 spiro atoms. The van der Waals surface area contributed by atoms with Crippen molar-refractivity contribution in [3.63, 3.8) is 0 Å². The van der Waals surface area contributed by atoms with E-state index in [0.29, 0.717) is 43.5 Å². The van der Waals surface area contributed by atoms with Crippen LogP contribution in [0.1, 0.15) is 18.5 Å². The van der Waals surface area contributed by atoms with E-state index in [2.05, 4.69) is 14.9 Å². The predicted octanol–water partition coefficient (Wildman–Crippen LogP) is 1.61. The number of pyridine rings is 1. The van der Waals surface area contributed by atoms with Crippen molar-refractivity contribution in [3.05, 3.63) is 17.8 Å². The van der Waals surface area contributed by atoms with E-state index >= 15 is 0 Å². The third-order valence-corrected chi connectivity index (χ3v) is 4.81. The zero-order valence-electron chi connectivity index (χ0n) is 13.9. The zero-order chi connectivity index (χ0) is 16.5. The minimum atomic E-state index is 0.127. The van der Waals surface area contributed by atoms with Crippen LogP contribution in [0.3, 0.4) is 0 Å². The Balaban J connectivity index is 1.40. The molecule has 0 radical (unpaired) electrons. The summed E-state index contributed by atoms with van der Waals surface area (Å²) in [5, 5.41) is 0. The van der Waals surface area contributed by atoms with Crippen molar-refractivity contribution in [2.75, 3.05) is 44.3 Å². The van der Waals surface area contributed by atoms with Crippen molar-refractivity contribution in [2.45, 2.75) is 19.8 Å². The smallest absolute Gasteiger partial charge is 0.300 e. The molecule has 2 saturated heterocycles. The van der Waals surface area contributed by atoms with Gasteiger partial charge in [0, 0.05) is 51.0 Å². The molecule has 7 nitrogen and oxygen atoms in total. The van der Waals surface area contributed by atoms with Crippen LogP contribution in [0.4, 0.5) is 6.01 Å². The first-order valence-corrected chi connectivity index (χ1v) is 8.56. The van der Waals surface area contributed by atoms with Crippen LogP contribution < -0.4 is 4.90 Å². The lowest BCUT2D eigenvalue weighted by atomic mass is 9.98. The Morgan fingerprint density at radius 2 is 1.88 bits per heavy atom. The summed E-state index contributed by atoms with van der Waals surface area (Å²) in [6, 6.07) is 4.42. The number of piperazine rings is 1. The van der Waals surface area contributed by atoms with Gasteiger partial charge in [-0.2, -0.15) is 4.98 Å². The molecule has 0 aromatic carbocycles. The number of nitrogens with zero attached hydrogens (tertiary/aromatic N) is 4. The topological polar surface area (TPSA) is 71.7 Å². The average molecular weight is 330 g/mol. The molecule has 0 saturated carbocycles. The van der Waals surface area contributed by atoms with E-state index in [9.17, 15) is 4.79 Å². The second-order valence-corrected chi connectivity index (χ2v) is 6.47. The van der Waals surface area contributed by atoms with Crippen LogP contribution >= 0.6 is 0 Å². The van der Waals surface area contributed by atoms with Crippen molar-refractivity contribution in [2.24, 2.45) is 5.92 Å². The summed E-state index contributed by atoms with van der Waals surface area (Å²) in [5.74, 6) is 0.398. The lowest BCUT2D eigenvalue weighted by Crippen LogP contribution is -2.51. The normalized spacial score (nSPS) is 19.9. The molecule has 2 aliphatic rings. The van der Waals surface area contributed by atoms with Crippen LogP contribution in [0.25, 0.3) is 11.2 Å². The number of fused-ring (bicyclic) bond motifs is 1. The zero-order valence-corrected chi connectivity index (χ0v) is 13.9. The van der Waals surface area contributed by atoms with Gasteiger partial charge in [0.15, 0.2) is 5.58 Å². The molecule has 0 unspecified atom stereocenters. The molecule has 0 aliphatic carbocycles. The van der Waals surface area contributed by atoms with Crippen LogP contribution in [-0.4, -0.2) is 60.2 Å². The number of aryl methyl sites for hydroxylation is 1. The Bertz CT molecular complexity index is 731. The van der Waals surface area contributed by atoms with Gasteiger partial charge in [-0.25, -0.2) is 4.98 Å². The Hall–Kier alpha value is -2.15. The molecule has 4 rings (SSSR count). The van der Waals surface area contributed by atoms with Crippen molar-refractivity contribution in [1.82, 2.24) is 14.9 Å². The number of hydrogen-bond acceptors (Lipinski definition) is 6. The van der Waals surface area contributed by atoms with Gasteiger partial charge >= 0.3 is 0 Å². The van der Waals surface area contributed by atoms with Crippen molar-refractivity contribution < 1.29 is 13.9 Å². The van der Waals surface area contributed by atoms with Gasteiger partial charge in [0.25, 0.3) is 6.01 Å². The first kappa shape index (κ1) is 15.4. The first-order valence-electron chi connectivity index (χ1n) is 8.56. The lowest BCUT2D eigenvalue weighted by Gasteiger charge is -2.36. The van der Waals surface area contributed by atoms with E-state index in [4.69, 9.17) is 9.15 Å². The van der Waals surface area contributed by atoms with Gasteiger partial charge < -0.3 is 19.0 Å². The van der Waals surface area contributed by atoms with Gasteiger partial charge in [-0.3, -0.25) is 4.79 Å². The molecule has 4 heterocycles. The van der Waals surface area contributed by atoms with Gasteiger partial charge in [0.2, 0.25) is 11.6 Å². The third kappa shape index (κ3) is 2.96. The summed E-state index contributed by atoms with van der Waals surface area (Å²) >= 11 is 0. The summed E-state index contributed by atoms with van der Waals surface area (Å²) in [7, 11) is 0. The summed E-state index contributed by atoms with van der Waals surface area (Å²) in [6.07, 6.45) is 1.68. The predicted molar refractivity (Wildman–Crippen MR) is 88.9 cm³/mol. The van der Waals surface area contributed by atoms with Crippen molar-refractivity contribution in [1.29, 1.82) is 0 Å². The van der Waals surface area contributed by atoms with Gasteiger partial charge in [0.1, 0.15) is 0 Å². The molecule has 0 N–H and O–H groups in total. The van der Waals surface area contributed by atoms with Crippen LogP contribution in [0, 0.1) is 12.8 Å². The second kappa shape index (κ2) is 6.39. The molecule has 2 aromatic heterocycles. The highest BCUT2D eigenvalue weighted by Gasteiger charge is 2.29. The first-order chi connectivity index (χ1) is 11.7. The quantitative estimate of drug-likeness (QED) is 0.833. The van der Waals surface area contributed by atoms with E-state index in [0.717, 1.165) is 31.6 Å². The van der Waals surface area contributed by atoms with Crippen molar-refractivity contribution in [3.8, 4) is 0 Å². The number of anilines is 1. The summed E-state index contributed by atoms with van der Waals surface area (Å²) in [4.78, 5) is 25.5. The van der Waals surface area contributed by atoms with Gasteiger partial charge in [-0.05, 0) is 31.9 Å². The molecule has 128 valence electrons. The van der Waals surface area contributed by atoms with Crippen LogP contribution in [0.5, 0.6) is 0 Å². The summed E-state index contributed by atoms with van der Waals surface area (Å²) in [6.45, 7) is 6.23. The number of amides is 1. The number of oxazole rings is 1. The van der Waals surface area contributed by atoms with E-state index in [1.807, 2.05) is 24.0 Å². The minimum absolute atomic E-state index is 0.127. The highest BCUT2D eigenvalue weighted by molar-refractivity contribution is 5.79.